The van der Waals surface area contributed by atoms with Crippen molar-refractivity contribution in [3.8, 4) is 0 Å². The summed E-state index contributed by atoms with van der Waals surface area (Å²) in [6.45, 7) is 7.90. The molecule has 0 saturated carbocycles. The minimum absolute atomic E-state index is 0.869. The van der Waals surface area contributed by atoms with Crippen molar-refractivity contribution in [2.24, 2.45) is 0 Å². The number of aromatic nitrogens is 1. The highest BCUT2D eigenvalue weighted by Crippen LogP contribution is 2.16. The lowest BCUT2D eigenvalue weighted by molar-refractivity contribution is 0.578. The van der Waals surface area contributed by atoms with Crippen LogP contribution in [-0.2, 0) is 0 Å². The number of pyridine rings is 1. The summed E-state index contributed by atoms with van der Waals surface area (Å²) < 4.78 is 5.36. The van der Waals surface area contributed by atoms with Crippen molar-refractivity contribution in [1.82, 2.24) is 4.98 Å². The fourth-order valence-corrected chi connectivity index (χ4v) is 1.15. The molecule has 0 unspecified atom stereocenters. The zero-order chi connectivity index (χ0) is 9.84. The Kier molecular flexibility index (Phi) is 3.07. The van der Waals surface area contributed by atoms with Crippen molar-refractivity contribution in [1.29, 1.82) is 0 Å². The number of furan rings is 1. The lowest BCUT2D eigenvalue weighted by atomic mass is 10.3. The molecule has 0 saturated heterocycles. The number of fused-ring (bicyclic) bond motifs is 1. The van der Waals surface area contributed by atoms with E-state index in [-0.39, 0.29) is 0 Å². The number of nitrogens with zero attached hydrogens (tertiary/aromatic N) is 1. The summed E-state index contributed by atoms with van der Waals surface area (Å²) in [7, 11) is 0. The third-order valence-corrected chi connectivity index (χ3v) is 1.64. The van der Waals surface area contributed by atoms with E-state index in [1.165, 1.54) is 0 Å². The molecule has 2 rings (SSSR count). The highest BCUT2D eigenvalue weighted by atomic mass is 16.3. The van der Waals surface area contributed by atoms with Crippen LogP contribution in [0.15, 0.2) is 22.6 Å². The summed E-state index contributed by atoms with van der Waals surface area (Å²) in [6.07, 6.45) is 0. The van der Waals surface area contributed by atoms with E-state index < -0.39 is 0 Å². The molecule has 13 heavy (non-hydrogen) atoms. The molecule has 0 spiro atoms. The van der Waals surface area contributed by atoms with Crippen molar-refractivity contribution in [2.75, 3.05) is 0 Å². The van der Waals surface area contributed by atoms with Gasteiger partial charge in [0.25, 0.3) is 0 Å². The van der Waals surface area contributed by atoms with E-state index in [0.717, 1.165) is 22.6 Å². The molecule has 70 valence electrons. The largest absolute Gasteiger partial charge is 0.460 e. The lowest BCUT2D eigenvalue weighted by Gasteiger charge is -1.88. The molecule has 2 heteroatoms. The van der Waals surface area contributed by atoms with E-state index in [1.54, 1.807) is 0 Å². The summed E-state index contributed by atoms with van der Waals surface area (Å²) in [6, 6.07) is 5.85. The van der Waals surface area contributed by atoms with E-state index in [1.807, 2.05) is 45.9 Å². The van der Waals surface area contributed by atoms with Gasteiger partial charge in [-0.25, -0.2) is 4.98 Å². The van der Waals surface area contributed by atoms with Crippen molar-refractivity contribution in [3.63, 3.8) is 0 Å². The van der Waals surface area contributed by atoms with Gasteiger partial charge in [-0.05, 0) is 26.0 Å². The Morgan fingerprint density at radius 2 is 1.85 bits per heavy atom. The van der Waals surface area contributed by atoms with Gasteiger partial charge in [0.05, 0.1) is 0 Å². The van der Waals surface area contributed by atoms with Crippen molar-refractivity contribution in [2.45, 2.75) is 27.7 Å². The summed E-state index contributed by atoms with van der Waals surface area (Å²) in [4.78, 5) is 4.30. The summed E-state index contributed by atoms with van der Waals surface area (Å²) in [5, 5.41) is 0. The molecule has 0 atom stereocenters. The van der Waals surface area contributed by atoms with Gasteiger partial charge in [0.2, 0.25) is 0 Å². The first-order valence-corrected chi connectivity index (χ1v) is 4.59. The molecule has 2 aromatic heterocycles. The quantitative estimate of drug-likeness (QED) is 0.615. The van der Waals surface area contributed by atoms with Crippen LogP contribution in [0, 0.1) is 13.8 Å². The van der Waals surface area contributed by atoms with E-state index in [0.29, 0.717) is 0 Å². The molecule has 0 aliphatic rings. The molecule has 0 N–H and O–H groups in total. The molecule has 2 aromatic rings. The van der Waals surface area contributed by atoms with Crippen LogP contribution in [0.5, 0.6) is 0 Å². The molecular weight excluding hydrogens is 162 g/mol. The topological polar surface area (TPSA) is 26.0 Å². The average molecular weight is 177 g/mol. The smallest absolute Gasteiger partial charge is 0.152 e. The minimum atomic E-state index is 0.869. The predicted molar refractivity (Wildman–Crippen MR) is 54.8 cm³/mol. The third kappa shape index (κ3) is 2.08. The zero-order valence-electron chi connectivity index (χ0n) is 8.59. The van der Waals surface area contributed by atoms with Gasteiger partial charge in [-0.1, -0.05) is 13.8 Å². The van der Waals surface area contributed by atoms with Crippen LogP contribution in [0.25, 0.3) is 11.1 Å². The van der Waals surface area contributed by atoms with Gasteiger partial charge in [0.15, 0.2) is 5.58 Å². The maximum Gasteiger partial charge on any atom is 0.152 e. The van der Waals surface area contributed by atoms with Crippen LogP contribution < -0.4 is 0 Å². The maximum atomic E-state index is 5.36. The number of rotatable bonds is 0. The number of hydrogen-bond acceptors (Lipinski definition) is 2. The van der Waals surface area contributed by atoms with Crippen LogP contribution in [0.4, 0.5) is 0 Å². The average Bonchev–Trinajstić information content (AvgIpc) is 2.48. The Morgan fingerprint density at radius 1 is 1.15 bits per heavy atom. The van der Waals surface area contributed by atoms with Crippen molar-refractivity contribution < 1.29 is 4.42 Å². The second kappa shape index (κ2) is 4.08. The van der Waals surface area contributed by atoms with E-state index in [9.17, 15) is 0 Å². The SMILES string of the molecule is CC.Cc1ccc2oc(C)cc2n1. The Hall–Kier alpha value is -1.31. The second-order valence-corrected chi connectivity index (χ2v) is 2.69. The summed E-state index contributed by atoms with van der Waals surface area (Å²) in [5.74, 6) is 0.915. The predicted octanol–water partition coefficient (Wildman–Crippen LogP) is 3.47. The molecule has 0 amide bonds. The van der Waals surface area contributed by atoms with Crippen LogP contribution in [0.2, 0.25) is 0 Å². The first-order valence-electron chi connectivity index (χ1n) is 4.59. The Labute approximate surface area is 78.6 Å². The van der Waals surface area contributed by atoms with Gasteiger partial charge in [0.1, 0.15) is 11.3 Å². The number of aryl methyl sites for hydroxylation is 2. The number of hydrogen-bond donors (Lipinski definition) is 0. The second-order valence-electron chi connectivity index (χ2n) is 2.69. The molecule has 2 heterocycles. The molecule has 0 aliphatic heterocycles. The van der Waals surface area contributed by atoms with Crippen LogP contribution >= 0.6 is 0 Å². The monoisotopic (exact) mass is 177 g/mol. The van der Waals surface area contributed by atoms with E-state index in [2.05, 4.69) is 4.98 Å². The van der Waals surface area contributed by atoms with Crippen LogP contribution in [-0.4, -0.2) is 4.98 Å². The minimum Gasteiger partial charge on any atom is -0.460 e. The van der Waals surface area contributed by atoms with Crippen LogP contribution in [0.3, 0.4) is 0 Å². The molecule has 2 nitrogen and oxygen atoms in total. The van der Waals surface area contributed by atoms with Gasteiger partial charge in [-0.15, -0.1) is 0 Å². The maximum absolute atomic E-state index is 5.36. The summed E-state index contributed by atoms with van der Waals surface area (Å²) >= 11 is 0. The first kappa shape index (κ1) is 9.78. The molecular formula is C11H15NO. The van der Waals surface area contributed by atoms with Gasteiger partial charge < -0.3 is 4.42 Å². The standard InChI is InChI=1S/C9H9NO.C2H6/c1-6-3-4-9-8(10-6)5-7(2)11-9;1-2/h3-5H,1-2H3;1-2H3. The molecule has 0 radical (unpaired) electrons. The Morgan fingerprint density at radius 3 is 2.54 bits per heavy atom. The summed E-state index contributed by atoms with van der Waals surface area (Å²) in [5.41, 5.74) is 2.84. The lowest BCUT2D eigenvalue weighted by Crippen LogP contribution is -1.77. The van der Waals surface area contributed by atoms with Gasteiger partial charge in [-0.2, -0.15) is 0 Å². The normalized spacial score (nSPS) is 9.54. The molecule has 0 aromatic carbocycles. The molecule has 0 bridgehead atoms. The highest BCUT2D eigenvalue weighted by Gasteiger charge is 1.99. The fourth-order valence-electron chi connectivity index (χ4n) is 1.15. The Balaban J connectivity index is 0.000000396. The Bertz CT molecular complexity index is 390. The fraction of sp³-hybridized carbons (Fsp3) is 0.364. The first-order chi connectivity index (χ1) is 6.25. The third-order valence-electron chi connectivity index (χ3n) is 1.64. The van der Waals surface area contributed by atoms with Crippen molar-refractivity contribution >= 4 is 11.1 Å². The van der Waals surface area contributed by atoms with Gasteiger partial charge in [-0.3, -0.25) is 0 Å². The van der Waals surface area contributed by atoms with Crippen LogP contribution in [0.1, 0.15) is 25.3 Å². The van der Waals surface area contributed by atoms with E-state index in [4.69, 9.17) is 4.42 Å². The molecule has 0 fully saturated rings. The molecule has 0 aliphatic carbocycles. The zero-order valence-corrected chi connectivity index (χ0v) is 8.59. The van der Waals surface area contributed by atoms with Gasteiger partial charge >= 0.3 is 0 Å². The van der Waals surface area contributed by atoms with Crippen molar-refractivity contribution in [3.05, 3.63) is 29.7 Å². The van der Waals surface area contributed by atoms with E-state index >= 15 is 0 Å². The highest BCUT2D eigenvalue weighted by molar-refractivity contribution is 5.73. The van der Waals surface area contributed by atoms with Gasteiger partial charge in [0, 0.05) is 11.8 Å².